The molecule has 1 aromatic rings. The number of nitrogens with two attached hydrogens (primary N) is 1. The van der Waals surface area contributed by atoms with Crippen molar-refractivity contribution in [2.45, 2.75) is 50.8 Å². The summed E-state index contributed by atoms with van der Waals surface area (Å²) in [6.45, 7) is 0.578. The van der Waals surface area contributed by atoms with Gasteiger partial charge in [0.25, 0.3) is 0 Å². The minimum Gasteiger partial charge on any atom is -0.490 e. The van der Waals surface area contributed by atoms with Gasteiger partial charge in [-0.15, -0.1) is 0 Å². The molecule has 3 N–H and O–H groups in total. The molecule has 0 unspecified atom stereocenters. The van der Waals surface area contributed by atoms with E-state index in [0.717, 1.165) is 11.3 Å². The molecule has 0 amide bonds. The Kier molecular flexibility index (Phi) is 3.58. The van der Waals surface area contributed by atoms with Crippen LogP contribution in [-0.4, -0.2) is 18.1 Å². The SMILES string of the molecule is NC(=NCc1ccccc1OC1CCC1)NC1CC1. The van der Waals surface area contributed by atoms with Gasteiger partial charge in [0.2, 0.25) is 0 Å². The number of ether oxygens (including phenoxy) is 1. The summed E-state index contributed by atoms with van der Waals surface area (Å²) in [6, 6.07) is 8.65. The van der Waals surface area contributed by atoms with Gasteiger partial charge in [-0.05, 0) is 38.2 Å². The lowest BCUT2D eigenvalue weighted by Crippen LogP contribution is -2.33. The maximum atomic E-state index is 5.98. The second-order valence-corrected chi connectivity index (χ2v) is 5.40. The van der Waals surface area contributed by atoms with Crippen LogP contribution in [0.3, 0.4) is 0 Å². The van der Waals surface area contributed by atoms with Gasteiger partial charge < -0.3 is 15.8 Å². The van der Waals surface area contributed by atoms with Crippen molar-refractivity contribution in [3.05, 3.63) is 29.8 Å². The Bertz CT molecular complexity index is 464. The number of aliphatic imine (C=N–C) groups is 1. The number of benzene rings is 1. The van der Waals surface area contributed by atoms with E-state index in [1.54, 1.807) is 0 Å². The Balaban J connectivity index is 1.61. The van der Waals surface area contributed by atoms with E-state index < -0.39 is 0 Å². The molecule has 1 aromatic carbocycles. The molecule has 2 fully saturated rings. The summed E-state index contributed by atoms with van der Waals surface area (Å²) in [4.78, 5) is 4.39. The third kappa shape index (κ3) is 3.40. The summed E-state index contributed by atoms with van der Waals surface area (Å²) in [5.74, 6) is 1.50. The molecule has 0 bridgehead atoms. The molecule has 3 rings (SSSR count). The van der Waals surface area contributed by atoms with E-state index in [4.69, 9.17) is 10.5 Å². The van der Waals surface area contributed by atoms with Gasteiger partial charge in [0, 0.05) is 11.6 Å². The zero-order chi connectivity index (χ0) is 13.1. The standard InChI is InChI=1S/C15H21N3O/c16-15(18-12-8-9-12)17-10-11-4-1-2-7-14(11)19-13-5-3-6-13/h1-2,4,7,12-13H,3,5-6,8-10H2,(H3,16,17,18). The average Bonchev–Trinajstić information content (AvgIpc) is 3.16. The molecule has 19 heavy (non-hydrogen) atoms. The molecular weight excluding hydrogens is 238 g/mol. The average molecular weight is 259 g/mol. The van der Waals surface area contributed by atoms with E-state index in [1.807, 2.05) is 18.2 Å². The van der Waals surface area contributed by atoms with Crippen LogP contribution in [0.5, 0.6) is 5.75 Å². The van der Waals surface area contributed by atoms with Gasteiger partial charge in [0.15, 0.2) is 5.96 Å². The summed E-state index contributed by atoms with van der Waals surface area (Å²) in [5, 5.41) is 3.19. The lowest BCUT2D eigenvalue weighted by molar-refractivity contribution is 0.119. The monoisotopic (exact) mass is 259 g/mol. The fourth-order valence-corrected chi connectivity index (χ4v) is 2.07. The minimum atomic E-state index is 0.395. The van der Waals surface area contributed by atoms with Crippen molar-refractivity contribution < 1.29 is 4.74 Å². The fraction of sp³-hybridized carbons (Fsp3) is 0.533. The summed E-state index contributed by atoms with van der Waals surface area (Å²) in [7, 11) is 0. The highest BCUT2D eigenvalue weighted by Gasteiger charge is 2.22. The van der Waals surface area contributed by atoms with E-state index in [0.29, 0.717) is 24.7 Å². The zero-order valence-electron chi connectivity index (χ0n) is 11.1. The van der Waals surface area contributed by atoms with Crippen LogP contribution in [0, 0.1) is 0 Å². The first-order valence-corrected chi connectivity index (χ1v) is 7.12. The molecule has 0 heterocycles. The number of guanidine groups is 1. The van der Waals surface area contributed by atoms with E-state index in [1.165, 1.54) is 32.1 Å². The molecular formula is C15H21N3O. The number of para-hydroxylation sites is 1. The summed E-state index contributed by atoms with van der Waals surface area (Å²) < 4.78 is 5.98. The third-order valence-electron chi connectivity index (χ3n) is 3.67. The van der Waals surface area contributed by atoms with Crippen molar-refractivity contribution >= 4 is 5.96 Å². The maximum Gasteiger partial charge on any atom is 0.189 e. The number of hydrogen-bond donors (Lipinski definition) is 2. The van der Waals surface area contributed by atoms with Crippen LogP contribution >= 0.6 is 0 Å². The maximum absolute atomic E-state index is 5.98. The van der Waals surface area contributed by atoms with Crippen molar-refractivity contribution in [3.8, 4) is 5.75 Å². The number of nitrogens with zero attached hydrogens (tertiary/aromatic N) is 1. The molecule has 0 radical (unpaired) electrons. The molecule has 2 saturated carbocycles. The predicted molar refractivity (Wildman–Crippen MR) is 76.2 cm³/mol. The smallest absolute Gasteiger partial charge is 0.189 e. The Morgan fingerprint density at radius 3 is 2.74 bits per heavy atom. The van der Waals surface area contributed by atoms with Crippen LogP contribution in [-0.2, 0) is 6.54 Å². The van der Waals surface area contributed by atoms with Crippen LogP contribution in [0.2, 0.25) is 0 Å². The first kappa shape index (κ1) is 12.3. The number of hydrogen-bond acceptors (Lipinski definition) is 2. The topological polar surface area (TPSA) is 59.6 Å². The fourth-order valence-electron chi connectivity index (χ4n) is 2.07. The molecule has 0 aliphatic heterocycles. The van der Waals surface area contributed by atoms with Crippen LogP contribution in [0.1, 0.15) is 37.7 Å². The second-order valence-electron chi connectivity index (χ2n) is 5.40. The van der Waals surface area contributed by atoms with Crippen molar-refractivity contribution in [2.24, 2.45) is 10.7 Å². The largest absolute Gasteiger partial charge is 0.490 e. The Hall–Kier alpha value is -1.71. The Morgan fingerprint density at radius 1 is 1.26 bits per heavy atom. The van der Waals surface area contributed by atoms with Gasteiger partial charge in [-0.3, -0.25) is 0 Å². The Morgan fingerprint density at radius 2 is 2.05 bits per heavy atom. The molecule has 102 valence electrons. The highest BCUT2D eigenvalue weighted by atomic mass is 16.5. The van der Waals surface area contributed by atoms with Crippen molar-refractivity contribution in [1.29, 1.82) is 0 Å². The van der Waals surface area contributed by atoms with Crippen molar-refractivity contribution in [1.82, 2.24) is 5.32 Å². The summed E-state index contributed by atoms with van der Waals surface area (Å²) in [5.41, 5.74) is 6.96. The van der Waals surface area contributed by atoms with Gasteiger partial charge in [-0.25, -0.2) is 4.99 Å². The molecule has 0 atom stereocenters. The number of nitrogens with one attached hydrogen (secondary N) is 1. The third-order valence-corrected chi connectivity index (χ3v) is 3.67. The first-order valence-electron chi connectivity index (χ1n) is 7.12. The lowest BCUT2D eigenvalue weighted by Gasteiger charge is -2.27. The lowest BCUT2D eigenvalue weighted by atomic mass is 9.96. The molecule has 2 aliphatic carbocycles. The highest BCUT2D eigenvalue weighted by molar-refractivity contribution is 5.78. The Labute approximate surface area is 114 Å². The van der Waals surface area contributed by atoms with E-state index in [2.05, 4.69) is 16.4 Å². The number of rotatable bonds is 5. The van der Waals surface area contributed by atoms with Crippen LogP contribution < -0.4 is 15.8 Å². The van der Waals surface area contributed by atoms with Crippen molar-refractivity contribution in [3.63, 3.8) is 0 Å². The van der Waals surface area contributed by atoms with Gasteiger partial charge in [-0.1, -0.05) is 18.2 Å². The van der Waals surface area contributed by atoms with E-state index in [9.17, 15) is 0 Å². The highest BCUT2D eigenvalue weighted by Crippen LogP contribution is 2.27. The molecule has 0 aromatic heterocycles. The van der Waals surface area contributed by atoms with Crippen LogP contribution in [0.15, 0.2) is 29.3 Å². The van der Waals surface area contributed by atoms with Gasteiger partial charge in [0.1, 0.15) is 5.75 Å². The summed E-state index contributed by atoms with van der Waals surface area (Å²) in [6.07, 6.45) is 6.43. The van der Waals surface area contributed by atoms with E-state index >= 15 is 0 Å². The van der Waals surface area contributed by atoms with Crippen molar-refractivity contribution in [2.75, 3.05) is 0 Å². The molecule has 0 saturated heterocycles. The molecule has 4 heteroatoms. The van der Waals surface area contributed by atoms with Gasteiger partial charge in [-0.2, -0.15) is 0 Å². The first-order chi connectivity index (χ1) is 9.31. The minimum absolute atomic E-state index is 0.395. The predicted octanol–water partition coefficient (Wildman–Crippen LogP) is 2.18. The zero-order valence-corrected chi connectivity index (χ0v) is 11.1. The van der Waals surface area contributed by atoms with E-state index in [-0.39, 0.29) is 0 Å². The molecule has 4 nitrogen and oxygen atoms in total. The van der Waals surface area contributed by atoms with Crippen LogP contribution in [0.4, 0.5) is 0 Å². The summed E-state index contributed by atoms with van der Waals surface area (Å²) >= 11 is 0. The molecule has 2 aliphatic rings. The quantitative estimate of drug-likeness (QED) is 0.629. The second kappa shape index (κ2) is 5.51. The van der Waals surface area contributed by atoms with Gasteiger partial charge >= 0.3 is 0 Å². The normalized spacial score (nSPS) is 19.9. The van der Waals surface area contributed by atoms with Crippen LogP contribution in [0.25, 0.3) is 0 Å². The van der Waals surface area contributed by atoms with Gasteiger partial charge in [0.05, 0.1) is 12.6 Å². The molecule has 0 spiro atoms.